The molecule has 3 N–H and O–H groups in total. The van der Waals surface area contributed by atoms with Crippen molar-refractivity contribution >= 4 is 23.4 Å². The second kappa shape index (κ2) is 9.06. The molecule has 2 bridgehead atoms. The molecule has 0 saturated carbocycles. The maximum Gasteiger partial charge on any atom is 0.245 e. The fraction of sp³-hybridized carbons (Fsp3) is 0.640. The van der Waals surface area contributed by atoms with Crippen LogP contribution >= 0.6 is 0 Å². The molecule has 3 fully saturated rings. The number of unbranched alkanes of at least 4 members (excludes halogenated alkanes) is 2. The van der Waals surface area contributed by atoms with Crippen LogP contribution in [0.4, 0.5) is 5.69 Å². The van der Waals surface area contributed by atoms with Crippen molar-refractivity contribution in [2.45, 2.75) is 63.7 Å². The van der Waals surface area contributed by atoms with Crippen molar-refractivity contribution in [2.75, 3.05) is 25.0 Å². The van der Waals surface area contributed by atoms with E-state index in [1.165, 1.54) is 4.90 Å². The van der Waals surface area contributed by atoms with Gasteiger partial charge < -0.3 is 25.4 Å². The molecular weight excluding hydrogens is 422 g/mol. The molecule has 0 radical (unpaired) electrons. The molecule has 3 heterocycles. The summed E-state index contributed by atoms with van der Waals surface area (Å²) >= 11 is 0. The summed E-state index contributed by atoms with van der Waals surface area (Å²) in [5.41, 5.74) is -1.28. The van der Waals surface area contributed by atoms with Gasteiger partial charge in [0, 0.05) is 18.8 Å². The largest absolute Gasteiger partial charge is 0.395 e. The molecule has 6 atom stereocenters. The molecule has 3 aliphatic rings. The van der Waals surface area contributed by atoms with Gasteiger partial charge in [0.25, 0.3) is 0 Å². The predicted molar refractivity (Wildman–Crippen MR) is 123 cm³/mol. The average molecular weight is 458 g/mol. The summed E-state index contributed by atoms with van der Waals surface area (Å²) in [5.74, 6) is -2.34. The molecule has 3 unspecified atom stereocenters. The van der Waals surface area contributed by atoms with Crippen molar-refractivity contribution in [1.82, 2.24) is 10.2 Å². The van der Waals surface area contributed by atoms with Gasteiger partial charge in [-0.1, -0.05) is 44.9 Å². The molecule has 3 saturated heterocycles. The van der Waals surface area contributed by atoms with E-state index in [2.05, 4.69) is 17.6 Å². The fourth-order valence-electron chi connectivity index (χ4n) is 6.21. The van der Waals surface area contributed by atoms with Gasteiger partial charge in [-0.3, -0.25) is 14.4 Å². The highest BCUT2D eigenvalue weighted by Crippen LogP contribution is 2.65. The Morgan fingerprint density at radius 1 is 1.21 bits per heavy atom. The molecule has 1 aromatic rings. The Kier molecular flexibility index (Phi) is 6.51. The van der Waals surface area contributed by atoms with Crippen molar-refractivity contribution in [3.8, 4) is 0 Å². The summed E-state index contributed by atoms with van der Waals surface area (Å²) in [5, 5.41) is 15.6. The molecule has 4 rings (SSSR count). The molecule has 8 nitrogen and oxygen atoms in total. The van der Waals surface area contributed by atoms with E-state index in [1.54, 1.807) is 12.1 Å². The summed E-state index contributed by atoms with van der Waals surface area (Å²) in [6, 6.07) is 8.28. The van der Waals surface area contributed by atoms with Crippen molar-refractivity contribution in [2.24, 2.45) is 17.8 Å². The van der Waals surface area contributed by atoms with Gasteiger partial charge in [-0.2, -0.15) is 0 Å². The second-order valence-electron chi connectivity index (χ2n) is 9.81. The highest BCUT2D eigenvalue weighted by molar-refractivity contribution is 6.02. The van der Waals surface area contributed by atoms with Crippen molar-refractivity contribution in [3.63, 3.8) is 0 Å². The minimum absolute atomic E-state index is 0.0162. The van der Waals surface area contributed by atoms with Crippen LogP contribution in [0.1, 0.15) is 46.5 Å². The first-order chi connectivity index (χ1) is 15.8. The normalized spacial score (nSPS) is 34.4. The van der Waals surface area contributed by atoms with Gasteiger partial charge >= 0.3 is 0 Å². The minimum atomic E-state index is -1.08. The summed E-state index contributed by atoms with van der Waals surface area (Å²) in [7, 11) is 0. The number of aliphatic hydroxyl groups is 1. The van der Waals surface area contributed by atoms with E-state index < -0.39 is 29.1 Å². The Morgan fingerprint density at radius 3 is 2.61 bits per heavy atom. The van der Waals surface area contributed by atoms with Crippen LogP contribution in [0, 0.1) is 17.8 Å². The van der Waals surface area contributed by atoms with Gasteiger partial charge in [0.05, 0.1) is 24.0 Å². The number of rotatable bonds is 9. The SMILES string of the molecule is CCCCCNC(=O)C1N(CCO)C(=O)[C@@H]2[C@H](C(=O)Nc3ccccc3)[C@@]3(C)OC12CC3C. The van der Waals surface area contributed by atoms with E-state index in [0.717, 1.165) is 19.3 Å². The first kappa shape index (κ1) is 23.7. The number of likely N-dealkylation sites (tertiary alicyclic amines) is 1. The lowest BCUT2D eigenvalue weighted by molar-refractivity contribution is -0.146. The van der Waals surface area contributed by atoms with E-state index in [4.69, 9.17) is 4.74 Å². The number of β-amino-alcohol motifs (C(OH)–C–C–N with tert-alkyl or cyclic N) is 1. The summed E-state index contributed by atoms with van der Waals surface area (Å²) in [4.78, 5) is 42.0. The van der Waals surface area contributed by atoms with Crippen LogP contribution in [-0.2, 0) is 19.1 Å². The van der Waals surface area contributed by atoms with Gasteiger partial charge in [-0.15, -0.1) is 0 Å². The highest BCUT2D eigenvalue weighted by Gasteiger charge is 2.79. The third kappa shape index (κ3) is 3.73. The van der Waals surface area contributed by atoms with Crippen LogP contribution in [-0.4, -0.2) is 64.7 Å². The van der Waals surface area contributed by atoms with Crippen LogP contribution in [0.25, 0.3) is 0 Å². The minimum Gasteiger partial charge on any atom is -0.395 e. The standard InChI is InChI=1S/C25H35N3O5/c1-4-5-9-12-26-22(31)20-25-15-16(2)24(3,33-25)18(19(25)23(32)28(20)13-14-29)21(30)27-17-10-7-6-8-11-17/h6-8,10-11,16,18-20,29H,4-5,9,12-15H2,1-3H3,(H,26,31)(H,27,30)/t16?,18-,19+,20?,24+,25?/m1/s1. The molecule has 8 heteroatoms. The highest BCUT2D eigenvalue weighted by atomic mass is 16.5. The number of hydrogen-bond donors (Lipinski definition) is 3. The van der Waals surface area contributed by atoms with Gasteiger partial charge in [0.2, 0.25) is 17.7 Å². The maximum atomic E-state index is 13.6. The number of ether oxygens (including phenoxy) is 1. The van der Waals surface area contributed by atoms with E-state index >= 15 is 0 Å². The Labute approximate surface area is 195 Å². The first-order valence-corrected chi connectivity index (χ1v) is 12.0. The molecule has 33 heavy (non-hydrogen) atoms. The maximum absolute atomic E-state index is 13.6. The monoisotopic (exact) mass is 457 g/mol. The fourth-order valence-corrected chi connectivity index (χ4v) is 6.21. The van der Waals surface area contributed by atoms with Crippen molar-refractivity contribution < 1.29 is 24.2 Å². The third-order valence-corrected chi connectivity index (χ3v) is 7.81. The summed E-state index contributed by atoms with van der Waals surface area (Å²) in [6.45, 7) is 6.30. The molecule has 0 aliphatic carbocycles. The number of nitrogens with one attached hydrogen (secondary N) is 2. The van der Waals surface area contributed by atoms with Crippen LogP contribution in [0.5, 0.6) is 0 Å². The number of carbonyl (C=O) groups excluding carboxylic acids is 3. The van der Waals surface area contributed by atoms with Gasteiger partial charge in [0.1, 0.15) is 11.6 Å². The van der Waals surface area contributed by atoms with Crippen LogP contribution in [0.3, 0.4) is 0 Å². The first-order valence-electron chi connectivity index (χ1n) is 12.0. The molecule has 3 amide bonds. The van der Waals surface area contributed by atoms with Gasteiger partial charge in [0.15, 0.2) is 0 Å². The van der Waals surface area contributed by atoms with Crippen LogP contribution in [0.15, 0.2) is 30.3 Å². The smallest absolute Gasteiger partial charge is 0.245 e. The number of aliphatic hydroxyl groups excluding tert-OH is 1. The van der Waals surface area contributed by atoms with Crippen LogP contribution < -0.4 is 10.6 Å². The second-order valence-corrected chi connectivity index (χ2v) is 9.81. The number of amides is 3. The van der Waals surface area contributed by atoms with E-state index in [0.29, 0.717) is 18.7 Å². The Balaban J connectivity index is 1.66. The number of para-hydroxylation sites is 1. The predicted octanol–water partition coefficient (Wildman–Crippen LogP) is 1.93. The quantitative estimate of drug-likeness (QED) is 0.491. The number of carbonyl (C=O) groups is 3. The number of anilines is 1. The molecule has 0 aromatic heterocycles. The van der Waals surface area contributed by atoms with E-state index in [9.17, 15) is 19.5 Å². The lowest BCUT2D eigenvalue weighted by Gasteiger charge is -2.36. The van der Waals surface area contributed by atoms with Gasteiger partial charge in [-0.25, -0.2) is 0 Å². The zero-order valence-electron chi connectivity index (χ0n) is 19.7. The van der Waals surface area contributed by atoms with Crippen molar-refractivity contribution in [1.29, 1.82) is 0 Å². The Hall–Kier alpha value is -2.45. The molecular formula is C25H35N3O5. The number of hydrogen-bond acceptors (Lipinski definition) is 5. The average Bonchev–Trinajstić information content (AvgIpc) is 3.29. The third-order valence-electron chi connectivity index (χ3n) is 7.81. The zero-order valence-corrected chi connectivity index (χ0v) is 19.7. The molecule has 3 aliphatic heterocycles. The Morgan fingerprint density at radius 2 is 1.94 bits per heavy atom. The lowest BCUT2D eigenvalue weighted by Crippen LogP contribution is -2.56. The number of nitrogens with zero attached hydrogens (tertiary/aromatic N) is 1. The van der Waals surface area contributed by atoms with E-state index in [1.807, 2.05) is 32.0 Å². The Bertz CT molecular complexity index is 909. The van der Waals surface area contributed by atoms with Crippen molar-refractivity contribution in [3.05, 3.63) is 30.3 Å². The lowest BCUT2D eigenvalue weighted by atomic mass is 9.62. The molecule has 180 valence electrons. The number of fused-ring (bicyclic) bond motifs is 1. The zero-order chi connectivity index (χ0) is 23.8. The topological polar surface area (TPSA) is 108 Å². The van der Waals surface area contributed by atoms with E-state index in [-0.39, 0.29) is 36.8 Å². The molecule has 1 spiro atoms. The van der Waals surface area contributed by atoms with Crippen LogP contribution in [0.2, 0.25) is 0 Å². The summed E-state index contributed by atoms with van der Waals surface area (Å²) in [6.07, 6.45) is 3.42. The van der Waals surface area contributed by atoms with Gasteiger partial charge in [-0.05, 0) is 37.8 Å². The molecule has 1 aromatic carbocycles. The summed E-state index contributed by atoms with van der Waals surface area (Å²) < 4.78 is 6.60. The number of benzene rings is 1.